The van der Waals surface area contributed by atoms with Crippen molar-refractivity contribution in [2.24, 2.45) is 0 Å². The van der Waals surface area contributed by atoms with Crippen molar-refractivity contribution in [2.75, 3.05) is 13.7 Å². The zero-order valence-electron chi connectivity index (χ0n) is 19.1. The van der Waals surface area contributed by atoms with E-state index in [1.165, 1.54) is 41.5 Å². The fourth-order valence-electron chi connectivity index (χ4n) is 4.54. The second kappa shape index (κ2) is 9.06. The number of rotatable bonds is 8. The Bertz CT molecular complexity index is 1520. The van der Waals surface area contributed by atoms with Crippen molar-refractivity contribution in [2.45, 2.75) is 12.5 Å². The highest BCUT2D eigenvalue weighted by molar-refractivity contribution is 6.15. The summed E-state index contributed by atoms with van der Waals surface area (Å²) in [4.78, 5) is 41.8. The standard InChI is InChI=1S/C26H21N3O7/c1-35-18-7-8-20-19(13-18)16(14-27-20)9-10-28-23(15-4-2-5-17(12-15)29(33)34)22(25(31)26(28)32)24(30)21-6-3-11-36-21/h2-8,11-14,23,27,31H,9-10H2,1H3/t23-/m0/s1. The van der Waals surface area contributed by atoms with E-state index >= 15 is 0 Å². The van der Waals surface area contributed by atoms with Crippen molar-refractivity contribution in [3.05, 3.63) is 105 Å². The second-order valence-electron chi connectivity index (χ2n) is 8.30. The van der Waals surface area contributed by atoms with Gasteiger partial charge in [-0.1, -0.05) is 12.1 Å². The smallest absolute Gasteiger partial charge is 0.290 e. The number of fused-ring (bicyclic) bond motifs is 1. The summed E-state index contributed by atoms with van der Waals surface area (Å²) in [6.07, 6.45) is 3.53. The lowest BCUT2D eigenvalue weighted by atomic mass is 9.94. The molecule has 182 valence electrons. The molecule has 1 amide bonds. The van der Waals surface area contributed by atoms with Crippen molar-refractivity contribution in [3.8, 4) is 5.75 Å². The maximum Gasteiger partial charge on any atom is 0.290 e. The summed E-state index contributed by atoms with van der Waals surface area (Å²) < 4.78 is 10.5. The SMILES string of the molecule is COc1ccc2[nH]cc(CCN3C(=O)C(O)=C(C(=O)c4ccco4)[C@@H]3c3cccc([N+](=O)[O-])c3)c2c1. The van der Waals surface area contributed by atoms with Crippen LogP contribution in [-0.2, 0) is 11.2 Å². The average molecular weight is 487 g/mol. The molecule has 10 heteroatoms. The molecule has 2 aromatic heterocycles. The van der Waals surface area contributed by atoms with Crippen LogP contribution in [0.4, 0.5) is 5.69 Å². The molecule has 36 heavy (non-hydrogen) atoms. The minimum atomic E-state index is -1.03. The molecule has 0 saturated heterocycles. The largest absolute Gasteiger partial charge is 0.503 e. The Hall–Kier alpha value is -4.86. The Morgan fingerprint density at radius 3 is 2.78 bits per heavy atom. The predicted molar refractivity (Wildman–Crippen MR) is 129 cm³/mol. The van der Waals surface area contributed by atoms with Gasteiger partial charge in [0, 0.05) is 35.8 Å². The summed E-state index contributed by atoms with van der Waals surface area (Å²) in [7, 11) is 1.58. The van der Waals surface area contributed by atoms with Gasteiger partial charge >= 0.3 is 0 Å². The van der Waals surface area contributed by atoms with Crippen LogP contribution in [0.15, 0.2) is 82.8 Å². The number of benzene rings is 2. The van der Waals surface area contributed by atoms with E-state index in [4.69, 9.17) is 9.15 Å². The fourth-order valence-corrected chi connectivity index (χ4v) is 4.54. The minimum Gasteiger partial charge on any atom is -0.503 e. The number of aromatic nitrogens is 1. The number of methoxy groups -OCH3 is 1. The van der Waals surface area contributed by atoms with Gasteiger partial charge in [-0.05, 0) is 47.9 Å². The van der Waals surface area contributed by atoms with E-state index in [2.05, 4.69) is 4.98 Å². The number of amides is 1. The lowest BCUT2D eigenvalue weighted by molar-refractivity contribution is -0.384. The maximum absolute atomic E-state index is 13.2. The third-order valence-corrected chi connectivity index (χ3v) is 6.29. The third-order valence-electron chi connectivity index (χ3n) is 6.29. The first-order chi connectivity index (χ1) is 17.4. The first kappa shape index (κ1) is 22.9. The summed E-state index contributed by atoms with van der Waals surface area (Å²) in [5.74, 6) is -1.47. The minimum absolute atomic E-state index is 0.0506. The fraction of sp³-hybridized carbons (Fsp3) is 0.154. The van der Waals surface area contributed by atoms with Crippen LogP contribution in [-0.4, -0.2) is 45.3 Å². The van der Waals surface area contributed by atoms with Crippen molar-refractivity contribution in [1.82, 2.24) is 9.88 Å². The summed E-state index contributed by atoms with van der Waals surface area (Å²) in [5.41, 5.74) is 1.75. The molecule has 0 spiro atoms. The van der Waals surface area contributed by atoms with Crippen LogP contribution in [0.25, 0.3) is 10.9 Å². The number of nitrogens with zero attached hydrogens (tertiary/aromatic N) is 2. The second-order valence-corrected chi connectivity index (χ2v) is 8.30. The van der Waals surface area contributed by atoms with Crippen molar-refractivity contribution >= 4 is 28.3 Å². The number of non-ortho nitro benzene ring substituents is 1. The van der Waals surface area contributed by atoms with Gasteiger partial charge in [0.1, 0.15) is 5.75 Å². The number of aromatic amines is 1. The van der Waals surface area contributed by atoms with Gasteiger partial charge in [-0.25, -0.2) is 0 Å². The van der Waals surface area contributed by atoms with E-state index in [1.54, 1.807) is 13.2 Å². The average Bonchev–Trinajstić information content (AvgIpc) is 3.62. The third kappa shape index (κ3) is 3.88. The normalized spacial score (nSPS) is 15.6. The molecule has 0 radical (unpaired) electrons. The number of nitrogens with one attached hydrogen (secondary N) is 1. The first-order valence-electron chi connectivity index (χ1n) is 11.1. The number of aliphatic hydroxyl groups is 1. The van der Waals surface area contributed by atoms with Gasteiger partial charge in [-0.15, -0.1) is 0 Å². The molecule has 0 bridgehead atoms. The van der Waals surface area contributed by atoms with Crippen LogP contribution in [0.2, 0.25) is 0 Å². The molecule has 10 nitrogen and oxygen atoms in total. The number of nitro benzene ring substituents is 1. The van der Waals surface area contributed by atoms with Crippen LogP contribution in [0.3, 0.4) is 0 Å². The van der Waals surface area contributed by atoms with Gasteiger partial charge in [0.25, 0.3) is 11.6 Å². The lowest BCUT2D eigenvalue weighted by Gasteiger charge is -2.26. The van der Waals surface area contributed by atoms with Crippen molar-refractivity contribution in [3.63, 3.8) is 0 Å². The molecule has 4 aromatic rings. The van der Waals surface area contributed by atoms with Crippen molar-refractivity contribution in [1.29, 1.82) is 0 Å². The number of H-pyrrole nitrogens is 1. The van der Waals surface area contributed by atoms with Gasteiger partial charge < -0.3 is 24.1 Å². The highest BCUT2D eigenvalue weighted by Crippen LogP contribution is 2.40. The number of aliphatic hydroxyl groups excluding tert-OH is 1. The molecule has 0 aliphatic carbocycles. The Labute approximate surface area is 204 Å². The van der Waals surface area contributed by atoms with Gasteiger partial charge in [-0.3, -0.25) is 19.7 Å². The molecule has 1 aliphatic rings. The van der Waals surface area contributed by atoms with Crippen molar-refractivity contribution < 1.29 is 28.8 Å². The number of furan rings is 1. The summed E-state index contributed by atoms with van der Waals surface area (Å²) in [6.45, 7) is 0.134. The highest BCUT2D eigenvalue weighted by atomic mass is 16.6. The number of ether oxygens (including phenoxy) is 1. The molecular formula is C26H21N3O7. The zero-order valence-corrected chi connectivity index (χ0v) is 19.1. The number of hydrogen-bond donors (Lipinski definition) is 2. The molecule has 0 unspecified atom stereocenters. The summed E-state index contributed by atoms with van der Waals surface area (Å²) in [5, 5.41) is 23.1. The number of carbonyl (C=O) groups is 2. The topological polar surface area (TPSA) is 139 Å². The maximum atomic E-state index is 13.2. The van der Waals surface area contributed by atoms with Crippen LogP contribution in [0, 0.1) is 10.1 Å². The van der Waals surface area contributed by atoms with Crippen LogP contribution in [0.1, 0.15) is 27.7 Å². The molecule has 5 rings (SSSR count). The predicted octanol–water partition coefficient (Wildman–Crippen LogP) is 4.50. The Kier molecular flexibility index (Phi) is 5.77. The molecule has 2 N–H and O–H groups in total. The van der Waals surface area contributed by atoms with E-state index in [1.807, 2.05) is 24.4 Å². The van der Waals surface area contributed by atoms with E-state index in [0.29, 0.717) is 17.7 Å². The molecule has 3 heterocycles. The van der Waals surface area contributed by atoms with E-state index in [9.17, 15) is 24.8 Å². The molecule has 2 aromatic carbocycles. The Morgan fingerprint density at radius 1 is 1.22 bits per heavy atom. The van der Waals surface area contributed by atoms with Gasteiger partial charge in [-0.2, -0.15) is 0 Å². The summed E-state index contributed by atoms with van der Waals surface area (Å²) in [6, 6.07) is 13.2. The molecule has 0 fully saturated rings. The number of Topliss-reactive ketones (excluding diaryl/α,β-unsaturated/α-hetero) is 1. The lowest BCUT2D eigenvalue weighted by Crippen LogP contribution is -2.33. The van der Waals surface area contributed by atoms with Gasteiger partial charge in [0.05, 0.1) is 29.9 Å². The van der Waals surface area contributed by atoms with E-state index < -0.39 is 28.4 Å². The molecule has 1 aliphatic heterocycles. The van der Waals surface area contributed by atoms with E-state index in [0.717, 1.165) is 16.5 Å². The van der Waals surface area contributed by atoms with Gasteiger partial charge in [0.2, 0.25) is 5.78 Å². The number of carbonyl (C=O) groups excluding carboxylic acids is 2. The monoisotopic (exact) mass is 487 g/mol. The highest BCUT2D eigenvalue weighted by Gasteiger charge is 2.44. The Balaban J connectivity index is 1.53. The zero-order chi connectivity index (χ0) is 25.4. The number of hydrogen-bond acceptors (Lipinski definition) is 7. The van der Waals surface area contributed by atoms with Crippen LogP contribution in [0.5, 0.6) is 5.75 Å². The molecule has 0 saturated carbocycles. The Morgan fingerprint density at radius 2 is 2.06 bits per heavy atom. The van der Waals surface area contributed by atoms with Crippen LogP contribution < -0.4 is 4.74 Å². The quantitative estimate of drug-likeness (QED) is 0.212. The molecular weight excluding hydrogens is 466 g/mol. The first-order valence-corrected chi connectivity index (χ1v) is 11.1. The van der Waals surface area contributed by atoms with E-state index in [-0.39, 0.29) is 23.6 Å². The molecule has 1 atom stereocenters. The van der Waals surface area contributed by atoms with Crippen LogP contribution >= 0.6 is 0 Å². The number of ketones is 1. The van der Waals surface area contributed by atoms with Gasteiger partial charge in [0.15, 0.2) is 11.5 Å². The number of nitro groups is 1. The summed E-state index contributed by atoms with van der Waals surface area (Å²) >= 11 is 0.